The summed E-state index contributed by atoms with van der Waals surface area (Å²) in [4.78, 5) is 0. The molecule has 1 saturated heterocycles. The minimum Gasteiger partial charge on any atom is -0.489 e. The summed E-state index contributed by atoms with van der Waals surface area (Å²) < 4.78 is 13.0. The van der Waals surface area contributed by atoms with E-state index in [-0.39, 0.29) is 6.10 Å². The van der Waals surface area contributed by atoms with Crippen LogP contribution in [0.25, 0.3) is 10.9 Å². The Morgan fingerprint density at radius 1 is 1.53 bits per heavy atom. The average Bonchev–Trinajstić information content (AvgIpc) is 2.62. The van der Waals surface area contributed by atoms with Crippen molar-refractivity contribution in [3.05, 3.63) is 23.9 Å². The van der Waals surface area contributed by atoms with Crippen LogP contribution in [0.2, 0.25) is 0 Å². The van der Waals surface area contributed by atoms with Gasteiger partial charge in [0, 0.05) is 31.7 Å². The van der Waals surface area contributed by atoms with E-state index < -0.39 is 0 Å². The van der Waals surface area contributed by atoms with Crippen LogP contribution < -0.4 is 4.74 Å². The van der Waals surface area contributed by atoms with E-state index in [1.807, 2.05) is 24.0 Å². The van der Waals surface area contributed by atoms with Gasteiger partial charge < -0.3 is 9.47 Å². The van der Waals surface area contributed by atoms with E-state index in [0.717, 1.165) is 29.7 Å². The minimum atomic E-state index is 0.259. The summed E-state index contributed by atoms with van der Waals surface area (Å²) in [7, 11) is 1.93. The summed E-state index contributed by atoms with van der Waals surface area (Å²) in [5.74, 6) is 0.849. The van der Waals surface area contributed by atoms with Gasteiger partial charge in [-0.15, -0.1) is 0 Å². The van der Waals surface area contributed by atoms with Crippen LogP contribution >= 0.6 is 0 Å². The number of ether oxygens (including phenoxy) is 2. The number of fused-ring (bicyclic) bond motifs is 1. The maximum absolute atomic E-state index is 5.79. The highest BCUT2D eigenvalue weighted by Crippen LogP contribution is 2.27. The van der Waals surface area contributed by atoms with Crippen molar-refractivity contribution in [2.45, 2.75) is 19.4 Å². The molecule has 2 aromatic rings. The SMILES string of the molecule is Cc1ccc(OCC2CCO2)c2nn(C)cc12. The standard InChI is InChI=1S/C13H16N2O2/c1-9-3-4-12(17-8-10-5-6-16-10)13-11(9)7-15(2)14-13/h3-4,7,10H,5-6,8H2,1-2H3. The van der Waals surface area contributed by atoms with Gasteiger partial charge in [-0.05, 0) is 18.6 Å². The smallest absolute Gasteiger partial charge is 0.147 e. The Bertz CT molecular complexity index is 544. The third kappa shape index (κ3) is 1.89. The predicted octanol–water partition coefficient (Wildman–Crippen LogP) is 2.05. The zero-order valence-corrected chi connectivity index (χ0v) is 10.1. The maximum atomic E-state index is 5.79. The lowest BCUT2D eigenvalue weighted by molar-refractivity contribution is -0.0718. The zero-order chi connectivity index (χ0) is 11.8. The molecule has 1 fully saturated rings. The summed E-state index contributed by atoms with van der Waals surface area (Å²) >= 11 is 0. The van der Waals surface area contributed by atoms with Crippen molar-refractivity contribution in [3.63, 3.8) is 0 Å². The first-order chi connectivity index (χ1) is 8.24. The van der Waals surface area contributed by atoms with Crippen molar-refractivity contribution >= 4 is 10.9 Å². The number of nitrogens with zero attached hydrogens (tertiary/aromatic N) is 2. The summed E-state index contributed by atoms with van der Waals surface area (Å²) in [6.45, 7) is 3.57. The normalized spacial score (nSPS) is 19.3. The van der Waals surface area contributed by atoms with Gasteiger partial charge in [-0.1, -0.05) is 6.07 Å². The van der Waals surface area contributed by atoms with E-state index in [1.165, 1.54) is 5.56 Å². The number of hydrogen-bond acceptors (Lipinski definition) is 3. The van der Waals surface area contributed by atoms with Gasteiger partial charge >= 0.3 is 0 Å². The molecular weight excluding hydrogens is 216 g/mol. The van der Waals surface area contributed by atoms with Crippen molar-refractivity contribution in [1.29, 1.82) is 0 Å². The third-order valence-electron chi connectivity index (χ3n) is 3.19. The molecule has 0 saturated carbocycles. The molecule has 0 aliphatic carbocycles. The molecule has 0 bridgehead atoms. The monoisotopic (exact) mass is 232 g/mol. The lowest BCUT2D eigenvalue weighted by Gasteiger charge is -2.26. The number of aromatic nitrogens is 2. The van der Waals surface area contributed by atoms with Crippen LogP contribution in [-0.2, 0) is 11.8 Å². The Hall–Kier alpha value is -1.55. The largest absolute Gasteiger partial charge is 0.489 e. The van der Waals surface area contributed by atoms with Gasteiger partial charge in [0.15, 0.2) is 0 Å². The predicted molar refractivity (Wildman–Crippen MR) is 65.3 cm³/mol. The fraction of sp³-hybridized carbons (Fsp3) is 0.462. The van der Waals surface area contributed by atoms with Crippen molar-refractivity contribution in [3.8, 4) is 5.75 Å². The molecule has 1 aliphatic heterocycles. The Labute approximate surface area is 100 Å². The van der Waals surface area contributed by atoms with Crippen LogP contribution in [0.15, 0.2) is 18.3 Å². The van der Waals surface area contributed by atoms with Crippen molar-refractivity contribution in [2.24, 2.45) is 7.05 Å². The number of benzene rings is 1. The molecule has 0 amide bonds. The van der Waals surface area contributed by atoms with Crippen LogP contribution in [0.3, 0.4) is 0 Å². The van der Waals surface area contributed by atoms with Gasteiger partial charge in [-0.2, -0.15) is 5.10 Å². The van der Waals surface area contributed by atoms with Crippen LogP contribution in [0, 0.1) is 6.92 Å². The Balaban J connectivity index is 1.89. The summed E-state index contributed by atoms with van der Waals surface area (Å²) in [6.07, 6.45) is 3.38. The first-order valence-corrected chi connectivity index (χ1v) is 5.91. The first-order valence-electron chi connectivity index (χ1n) is 5.91. The number of rotatable bonds is 3. The van der Waals surface area contributed by atoms with Gasteiger partial charge in [-0.3, -0.25) is 4.68 Å². The molecule has 17 heavy (non-hydrogen) atoms. The molecule has 2 heterocycles. The van der Waals surface area contributed by atoms with Crippen LogP contribution in [0.4, 0.5) is 0 Å². The molecule has 1 aliphatic rings. The molecule has 1 atom stereocenters. The highest BCUT2D eigenvalue weighted by atomic mass is 16.5. The molecule has 4 nitrogen and oxygen atoms in total. The molecule has 3 rings (SSSR count). The zero-order valence-electron chi connectivity index (χ0n) is 10.1. The fourth-order valence-electron chi connectivity index (χ4n) is 2.04. The van der Waals surface area contributed by atoms with E-state index in [0.29, 0.717) is 6.61 Å². The average molecular weight is 232 g/mol. The summed E-state index contributed by atoms with van der Waals surface area (Å²) in [6, 6.07) is 4.06. The second-order valence-electron chi connectivity index (χ2n) is 4.54. The van der Waals surface area contributed by atoms with Crippen molar-refractivity contribution in [2.75, 3.05) is 13.2 Å². The van der Waals surface area contributed by atoms with Crippen LogP contribution in [0.5, 0.6) is 5.75 Å². The lowest BCUT2D eigenvalue weighted by atomic mass is 10.1. The molecule has 0 spiro atoms. The van der Waals surface area contributed by atoms with E-state index >= 15 is 0 Å². The minimum absolute atomic E-state index is 0.259. The highest BCUT2D eigenvalue weighted by molar-refractivity contribution is 5.87. The number of aryl methyl sites for hydroxylation is 2. The molecule has 0 N–H and O–H groups in total. The van der Waals surface area contributed by atoms with E-state index in [2.05, 4.69) is 18.1 Å². The van der Waals surface area contributed by atoms with Crippen LogP contribution in [0.1, 0.15) is 12.0 Å². The molecule has 1 aromatic heterocycles. The molecule has 90 valence electrons. The Morgan fingerprint density at radius 3 is 3.06 bits per heavy atom. The molecule has 0 radical (unpaired) electrons. The molecule has 4 heteroatoms. The van der Waals surface area contributed by atoms with E-state index in [1.54, 1.807) is 0 Å². The third-order valence-corrected chi connectivity index (χ3v) is 3.19. The second-order valence-corrected chi connectivity index (χ2v) is 4.54. The van der Waals surface area contributed by atoms with Gasteiger partial charge in [0.2, 0.25) is 0 Å². The Morgan fingerprint density at radius 2 is 2.35 bits per heavy atom. The lowest BCUT2D eigenvalue weighted by Crippen LogP contribution is -2.32. The van der Waals surface area contributed by atoms with Crippen molar-refractivity contribution < 1.29 is 9.47 Å². The maximum Gasteiger partial charge on any atom is 0.147 e. The van der Waals surface area contributed by atoms with Crippen molar-refractivity contribution in [1.82, 2.24) is 9.78 Å². The number of hydrogen-bond donors (Lipinski definition) is 0. The van der Waals surface area contributed by atoms with Crippen LogP contribution in [-0.4, -0.2) is 29.1 Å². The first kappa shape index (κ1) is 10.6. The summed E-state index contributed by atoms with van der Waals surface area (Å²) in [5.41, 5.74) is 2.16. The van der Waals surface area contributed by atoms with Gasteiger partial charge in [0.25, 0.3) is 0 Å². The second kappa shape index (κ2) is 4.04. The molecule has 1 aromatic carbocycles. The highest BCUT2D eigenvalue weighted by Gasteiger charge is 2.19. The van der Waals surface area contributed by atoms with Gasteiger partial charge in [-0.25, -0.2) is 0 Å². The summed E-state index contributed by atoms with van der Waals surface area (Å²) in [5, 5.41) is 5.60. The quantitative estimate of drug-likeness (QED) is 0.812. The fourth-order valence-corrected chi connectivity index (χ4v) is 2.04. The van der Waals surface area contributed by atoms with Gasteiger partial charge in [0.05, 0.1) is 6.10 Å². The molecular formula is C13H16N2O2. The Kier molecular flexibility index (Phi) is 2.52. The van der Waals surface area contributed by atoms with Gasteiger partial charge in [0.1, 0.15) is 17.9 Å². The molecule has 1 unspecified atom stereocenters. The van der Waals surface area contributed by atoms with E-state index in [4.69, 9.17) is 9.47 Å². The topological polar surface area (TPSA) is 36.3 Å². The van der Waals surface area contributed by atoms with E-state index in [9.17, 15) is 0 Å².